The van der Waals surface area contributed by atoms with Gasteiger partial charge in [-0.25, -0.2) is 14.2 Å². The van der Waals surface area contributed by atoms with E-state index in [0.29, 0.717) is 6.42 Å². The molecule has 4 rings (SSSR count). The number of ether oxygens (including phenoxy) is 1. The third kappa shape index (κ3) is 3.31. The number of rotatable bonds is 5. The molecule has 0 radical (unpaired) electrons. The molecule has 1 fully saturated rings. The zero-order chi connectivity index (χ0) is 19.2. The highest BCUT2D eigenvalue weighted by Gasteiger charge is 2.56. The first-order chi connectivity index (χ1) is 12.9. The van der Waals surface area contributed by atoms with Gasteiger partial charge in [0.25, 0.3) is 0 Å². The Labute approximate surface area is 153 Å². The van der Waals surface area contributed by atoms with Gasteiger partial charge in [0.1, 0.15) is 11.5 Å². The van der Waals surface area contributed by atoms with Crippen molar-refractivity contribution in [2.75, 3.05) is 13.7 Å². The summed E-state index contributed by atoms with van der Waals surface area (Å²) in [7, 11) is 1.34. The van der Waals surface area contributed by atoms with Gasteiger partial charge in [0, 0.05) is 18.0 Å². The van der Waals surface area contributed by atoms with Crippen LogP contribution in [0.5, 0.6) is 5.88 Å². The molecule has 0 saturated heterocycles. The third-order valence-corrected chi connectivity index (χ3v) is 5.16. The largest absolute Gasteiger partial charge is 0.481 e. The summed E-state index contributed by atoms with van der Waals surface area (Å²) in [5.74, 6) is -3.18. The first-order valence-corrected chi connectivity index (χ1v) is 8.61. The molecule has 5 nitrogen and oxygen atoms in total. The number of amides is 2. The van der Waals surface area contributed by atoms with Crippen molar-refractivity contribution in [3.63, 3.8) is 0 Å². The number of hydrogen-bond acceptors (Lipinski definition) is 3. The average Bonchev–Trinajstić information content (AvgIpc) is 3.16. The van der Waals surface area contributed by atoms with E-state index in [1.165, 1.54) is 37.4 Å². The number of benzene rings is 1. The summed E-state index contributed by atoms with van der Waals surface area (Å²) >= 11 is 0. The molecule has 0 bridgehead atoms. The maximum Gasteiger partial charge on any atom is 0.315 e. The van der Waals surface area contributed by atoms with Crippen LogP contribution in [0.25, 0.3) is 0 Å². The topological polar surface area (TPSA) is 63.2 Å². The molecule has 2 aromatic rings. The summed E-state index contributed by atoms with van der Waals surface area (Å²) in [6.07, 6.45) is 0.687. The first-order valence-electron chi connectivity index (χ1n) is 8.61. The summed E-state index contributed by atoms with van der Waals surface area (Å²) in [5.41, 5.74) is 1.51. The number of nitrogens with zero attached hydrogens (tertiary/aromatic N) is 1. The molecule has 0 aliphatic heterocycles. The molecule has 2 N–H and O–H groups in total. The maximum absolute atomic E-state index is 14.3. The highest BCUT2D eigenvalue weighted by Crippen LogP contribution is 2.56. The number of carbonyl (C=O) groups is 1. The Morgan fingerprint density at radius 3 is 2.93 bits per heavy atom. The lowest BCUT2D eigenvalue weighted by molar-refractivity contribution is -0.00540. The molecule has 2 amide bonds. The Kier molecular flexibility index (Phi) is 4.20. The van der Waals surface area contributed by atoms with Gasteiger partial charge in [0.15, 0.2) is 0 Å². The van der Waals surface area contributed by atoms with Crippen LogP contribution >= 0.6 is 0 Å². The molecule has 1 heterocycles. The van der Waals surface area contributed by atoms with Gasteiger partial charge in [-0.05, 0) is 41.7 Å². The average molecular weight is 377 g/mol. The number of methoxy groups -OCH3 is 1. The molecule has 0 spiro atoms. The molecule has 2 aliphatic rings. The van der Waals surface area contributed by atoms with Crippen molar-refractivity contribution in [1.29, 1.82) is 0 Å². The lowest BCUT2D eigenvalue weighted by Crippen LogP contribution is -2.43. The second-order valence-electron chi connectivity index (χ2n) is 6.86. The van der Waals surface area contributed by atoms with Crippen molar-refractivity contribution in [3.8, 4) is 5.88 Å². The Morgan fingerprint density at radius 2 is 2.15 bits per heavy atom. The second-order valence-corrected chi connectivity index (χ2v) is 6.86. The lowest BCUT2D eigenvalue weighted by Gasteiger charge is -2.17. The molecule has 142 valence electrons. The van der Waals surface area contributed by atoms with Gasteiger partial charge < -0.3 is 15.4 Å². The van der Waals surface area contributed by atoms with Gasteiger partial charge >= 0.3 is 12.0 Å². The van der Waals surface area contributed by atoms with E-state index >= 15 is 0 Å². The van der Waals surface area contributed by atoms with Crippen LogP contribution in [0.1, 0.15) is 22.7 Å². The van der Waals surface area contributed by atoms with Gasteiger partial charge in [-0.1, -0.05) is 12.1 Å². The van der Waals surface area contributed by atoms with E-state index in [1.807, 2.05) is 0 Å². The molecular weight excluding hydrogens is 359 g/mol. The fourth-order valence-electron chi connectivity index (χ4n) is 3.80. The second kappa shape index (κ2) is 6.44. The molecule has 1 saturated carbocycles. The minimum atomic E-state index is -3.32. The van der Waals surface area contributed by atoms with Crippen molar-refractivity contribution in [2.45, 2.75) is 24.3 Å². The summed E-state index contributed by atoms with van der Waals surface area (Å²) in [6.45, 7) is -0.872. The monoisotopic (exact) mass is 377 g/mol. The number of halogens is 3. The van der Waals surface area contributed by atoms with Crippen LogP contribution < -0.4 is 15.4 Å². The van der Waals surface area contributed by atoms with E-state index in [0.717, 1.165) is 11.1 Å². The fourth-order valence-corrected chi connectivity index (χ4v) is 3.80. The SMILES string of the molecule is COc1cccc(C(F)(F)CNC(=O)NC2C3Cc4cc(F)ccc4C32)n1. The number of nitrogens with one attached hydrogen (secondary N) is 2. The van der Waals surface area contributed by atoms with Gasteiger partial charge in [-0.15, -0.1) is 0 Å². The van der Waals surface area contributed by atoms with Crippen LogP contribution in [0.4, 0.5) is 18.0 Å². The van der Waals surface area contributed by atoms with Crippen molar-refractivity contribution in [3.05, 3.63) is 59.0 Å². The number of alkyl halides is 2. The minimum Gasteiger partial charge on any atom is -0.481 e. The Hall–Kier alpha value is -2.77. The van der Waals surface area contributed by atoms with Gasteiger partial charge in [0.2, 0.25) is 5.88 Å². The predicted octanol–water partition coefficient (Wildman–Crippen LogP) is 2.96. The zero-order valence-corrected chi connectivity index (χ0v) is 14.5. The number of hydrogen-bond donors (Lipinski definition) is 2. The number of fused-ring (bicyclic) bond motifs is 3. The van der Waals surface area contributed by atoms with Crippen molar-refractivity contribution < 1.29 is 22.7 Å². The van der Waals surface area contributed by atoms with Crippen LogP contribution in [-0.2, 0) is 12.3 Å². The van der Waals surface area contributed by atoms with E-state index in [4.69, 9.17) is 4.74 Å². The van der Waals surface area contributed by atoms with Crippen LogP contribution in [-0.4, -0.2) is 30.7 Å². The van der Waals surface area contributed by atoms with Crippen molar-refractivity contribution >= 4 is 6.03 Å². The van der Waals surface area contributed by atoms with E-state index in [-0.39, 0.29) is 29.6 Å². The van der Waals surface area contributed by atoms with Crippen molar-refractivity contribution in [2.24, 2.45) is 5.92 Å². The molecule has 1 aromatic heterocycles. The molecule has 27 heavy (non-hydrogen) atoms. The lowest BCUT2D eigenvalue weighted by atomic mass is 10.0. The van der Waals surface area contributed by atoms with E-state index in [2.05, 4.69) is 15.6 Å². The summed E-state index contributed by atoms with van der Waals surface area (Å²) in [6, 6.07) is 7.96. The van der Waals surface area contributed by atoms with E-state index < -0.39 is 24.2 Å². The minimum absolute atomic E-state index is 0.0811. The standard InChI is InChI=1S/C19H18F3N3O2/c1-27-15-4-2-3-14(24-15)19(21,22)9-23-18(26)25-17-13-8-10-7-11(20)5-6-12(10)16(13)17/h2-7,13,16-17H,8-9H2,1H3,(H2,23,25,26). The number of aromatic nitrogens is 1. The fraction of sp³-hybridized carbons (Fsp3) is 0.368. The quantitative estimate of drug-likeness (QED) is 0.842. The smallest absolute Gasteiger partial charge is 0.315 e. The normalized spacial score (nSPS) is 22.6. The Bertz CT molecular complexity index is 890. The van der Waals surface area contributed by atoms with Crippen LogP contribution in [0.15, 0.2) is 36.4 Å². The zero-order valence-electron chi connectivity index (χ0n) is 14.5. The van der Waals surface area contributed by atoms with Gasteiger partial charge in [-0.3, -0.25) is 0 Å². The Morgan fingerprint density at radius 1 is 1.33 bits per heavy atom. The summed E-state index contributed by atoms with van der Waals surface area (Å²) in [4.78, 5) is 15.7. The molecule has 3 atom stereocenters. The molecule has 8 heteroatoms. The third-order valence-electron chi connectivity index (χ3n) is 5.16. The predicted molar refractivity (Wildman–Crippen MR) is 91.3 cm³/mol. The maximum atomic E-state index is 14.3. The molecule has 1 aromatic carbocycles. The van der Waals surface area contributed by atoms with Crippen LogP contribution in [0, 0.1) is 11.7 Å². The summed E-state index contributed by atoms with van der Waals surface area (Å²) < 4.78 is 46.6. The molecular formula is C19H18F3N3O2. The highest BCUT2D eigenvalue weighted by atomic mass is 19.3. The number of carbonyl (C=O) groups excluding carboxylic acids is 1. The van der Waals surface area contributed by atoms with E-state index in [1.54, 1.807) is 6.07 Å². The Balaban J connectivity index is 1.32. The highest BCUT2D eigenvalue weighted by molar-refractivity contribution is 5.75. The molecule has 2 aliphatic carbocycles. The van der Waals surface area contributed by atoms with Crippen molar-refractivity contribution in [1.82, 2.24) is 15.6 Å². The van der Waals surface area contributed by atoms with Crippen LogP contribution in [0.3, 0.4) is 0 Å². The number of urea groups is 1. The van der Waals surface area contributed by atoms with Gasteiger partial charge in [0.05, 0.1) is 13.7 Å². The van der Waals surface area contributed by atoms with E-state index in [9.17, 15) is 18.0 Å². The summed E-state index contributed by atoms with van der Waals surface area (Å²) in [5, 5.41) is 4.95. The first kappa shape index (κ1) is 17.6. The number of pyridine rings is 1. The molecule has 3 unspecified atom stereocenters. The van der Waals surface area contributed by atoms with Gasteiger partial charge in [-0.2, -0.15) is 8.78 Å². The van der Waals surface area contributed by atoms with Crippen LogP contribution in [0.2, 0.25) is 0 Å².